The van der Waals surface area contributed by atoms with Gasteiger partial charge in [0.25, 0.3) is 0 Å². The molecular formula is C11H8BrClO2S. The number of halogens is 2. The maximum absolute atomic E-state index is 11.8. The zero-order valence-electron chi connectivity index (χ0n) is 8.42. The van der Waals surface area contributed by atoms with Crippen LogP contribution in [0.25, 0.3) is 10.1 Å². The Hall–Kier alpha value is -0.580. The smallest absolute Gasteiger partial charge is 0.340 e. The maximum atomic E-state index is 11.8. The SMILES string of the molecule is CCOC(=O)c1c(Br)sc2ccc(Cl)cc12. The van der Waals surface area contributed by atoms with Crippen molar-refractivity contribution >= 4 is 54.9 Å². The van der Waals surface area contributed by atoms with Crippen molar-refractivity contribution < 1.29 is 9.53 Å². The number of fused-ring (bicyclic) bond motifs is 1. The van der Waals surface area contributed by atoms with Crippen molar-refractivity contribution in [2.75, 3.05) is 6.61 Å². The summed E-state index contributed by atoms with van der Waals surface area (Å²) in [5, 5.41) is 1.45. The van der Waals surface area contributed by atoms with E-state index in [0.717, 1.165) is 13.9 Å². The topological polar surface area (TPSA) is 26.3 Å². The zero-order chi connectivity index (χ0) is 11.7. The Morgan fingerprint density at radius 1 is 1.56 bits per heavy atom. The van der Waals surface area contributed by atoms with E-state index in [1.165, 1.54) is 11.3 Å². The molecule has 2 aromatic rings. The highest BCUT2D eigenvalue weighted by Crippen LogP contribution is 2.37. The molecule has 2 rings (SSSR count). The van der Waals surface area contributed by atoms with E-state index in [-0.39, 0.29) is 5.97 Å². The third kappa shape index (κ3) is 2.10. The molecular weight excluding hydrogens is 312 g/mol. The molecule has 1 aromatic carbocycles. The van der Waals surface area contributed by atoms with Crippen LogP contribution in [0, 0.1) is 0 Å². The Balaban J connectivity index is 2.62. The number of hydrogen-bond acceptors (Lipinski definition) is 3. The second kappa shape index (κ2) is 4.73. The maximum Gasteiger partial charge on any atom is 0.340 e. The van der Waals surface area contributed by atoms with E-state index in [9.17, 15) is 4.79 Å². The number of ether oxygens (including phenoxy) is 1. The molecule has 0 aliphatic heterocycles. The minimum absolute atomic E-state index is 0.317. The molecule has 0 bridgehead atoms. The number of thiophene rings is 1. The summed E-state index contributed by atoms with van der Waals surface area (Å²) in [6.45, 7) is 2.15. The van der Waals surface area contributed by atoms with Gasteiger partial charge in [0.1, 0.15) is 0 Å². The normalized spacial score (nSPS) is 10.7. The Labute approximate surface area is 110 Å². The predicted octanol–water partition coefficient (Wildman–Crippen LogP) is 4.49. The van der Waals surface area contributed by atoms with Gasteiger partial charge in [0.15, 0.2) is 0 Å². The lowest BCUT2D eigenvalue weighted by atomic mass is 10.2. The minimum atomic E-state index is -0.317. The molecule has 0 unspecified atom stereocenters. The van der Waals surface area contributed by atoms with Gasteiger partial charge in [-0.1, -0.05) is 11.6 Å². The van der Waals surface area contributed by atoms with Crippen molar-refractivity contribution in [3.63, 3.8) is 0 Å². The van der Waals surface area contributed by atoms with E-state index in [0.29, 0.717) is 17.2 Å². The molecule has 1 heterocycles. The third-order valence-corrected chi connectivity index (χ3v) is 4.16. The van der Waals surface area contributed by atoms with Crippen molar-refractivity contribution in [1.29, 1.82) is 0 Å². The molecule has 0 aliphatic rings. The van der Waals surface area contributed by atoms with Crippen molar-refractivity contribution in [2.24, 2.45) is 0 Å². The number of carbonyl (C=O) groups excluding carboxylic acids is 1. The molecule has 5 heteroatoms. The van der Waals surface area contributed by atoms with Crippen LogP contribution in [0.4, 0.5) is 0 Å². The standard InChI is InChI=1S/C11H8BrClO2S/c1-2-15-11(14)9-7-5-6(13)3-4-8(7)16-10(9)12/h3-5H,2H2,1H3. The Morgan fingerprint density at radius 3 is 3.00 bits per heavy atom. The van der Waals surface area contributed by atoms with Crippen LogP contribution in [0.1, 0.15) is 17.3 Å². The minimum Gasteiger partial charge on any atom is -0.462 e. The number of esters is 1. The summed E-state index contributed by atoms with van der Waals surface area (Å²) < 4.78 is 6.80. The number of carbonyl (C=O) groups is 1. The lowest BCUT2D eigenvalue weighted by Gasteiger charge is -2.01. The largest absolute Gasteiger partial charge is 0.462 e. The summed E-state index contributed by atoms with van der Waals surface area (Å²) in [5.74, 6) is -0.317. The summed E-state index contributed by atoms with van der Waals surface area (Å²) in [6, 6.07) is 5.49. The highest BCUT2D eigenvalue weighted by atomic mass is 79.9. The van der Waals surface area contributed by atoms with Crippen molar-refractivity contribution in [1.82, 2.24) is 0 Å². The quantitative estimate of drug-likeness (QED) is 0.762. The van der Waals surface area contributed by atoms with Crippen LogP contribution in [-0.4, -0.2) is 12.6 Å². The summed E-state index contributed by atoms with van der Waals surface area (Å²) in [4.78, 5) is 11.8. The van der Waals surface area contributed by atoms with Gasteiger partial charge in [-0.05, 0) is 41.1 Å². The van der Waals surface area contributed by atoms with Crippen molar-refractivity contribution in [2.45, 2.75) is 6.92 Å². The fourth-order valence-corrected chi connectivity index (χ4v) is 3.40. The predicted molar refractivity (Wildman–Crippen MR) is 70.5 cm³/mol. The van der Waals surface area contributed by atoms with Gasteiger partial charge in [-0.15, -0.1) is 11.3 Å². The molecule has 0 radical (unpaired) electrons. The van der Waals surface area contributed by atoms with Gasteiger partial charge in [0.2, 0.25) is 0 Å². The van der Waals surface area contributed by atoms with Crippen LogP contribution < -0.4 is 0 Å². The molecule has 0 fully saturated rings. The van der Waals surface area contributed by atoms with Gasteiger partial charge in [-0.2, -0.15) is 0 Å². The first-order chi connectivity index (χ1) is 7.63. The Bertz CT molecular complexity index is 550. The van der Waals surface area contributed by atoms with E-state index in [1.807, 2.05) is 12.1 Å². The lowest BCUT2D eigenvalue weighted by Crippen LogP contribution is -2.04. The Morgan fingerprint density at radius 2 is 2.31 bits per heavy atom. The average molecular weight is 320 g/mol. The molecule has 2 nitrogen and oxygen atoms in total. The van der Waals surface area contributed by atoms with Crippen LogP contribution in [0.2, 0.25) is 5.02 Å². The monoisotopic (exact) mass is 318 g/mol. The first-order valence-corrected chi connectivity index (χ1v) is 6.67. The van der Waals surface area contributed by atoms with Gasteiger partial charge < -0.3 is 4.74 Å². The molecule has 0 N–H and O–H groups in total. The van der Waals surface area contributed by atoms with Gasteiger partial charge in [0, 0.05) is 15.1 Å². The van der Waals surface area contributed by atoms with Crippen LogP contribution in [-0.2, 0) is 4.74 Å². The van der Waals surface area contributed by atoms with E-state index in [2.05, 4.69) is 15.9 Å². The zero-order valence-corrected chi connectivity index (χ0v) is 11.6. The van der Waals surface area contributed by atoms with E-state index in [4.69, 9.17) is 16.3 Å². The van der Waals surface area contributed by atoms with Crippen molar-refractivity contribution in [3.8, 4) is 0 Å². The van der Waals surface area contributed by atoms with Gasteiger partial charge in [-0.25, -0.2) is 4.79 Å². The fourth-order valence-electron chi connectivity index (χ4n) is 1.43. The molecule has 16 heavy (non-hydrogen) atoms. The lowest BCUT2D eigenvalue weighted by molar-refractivity contribution is 0.0528. The molecule has 0 amide bonds. The molecule has 0 aliphatic carbocycles. The van der Waals surface area contributed by atoms with Gasteiger partial charge in [0.05, 0.1) is 16.0 Å². The molecule has 1 aromatic heterocycles. The molecule has 0 atom stereocenters. The van der Waals surface area contributed by atoms with Gasteiger partial charge in [-0.3, -0.25) is 0 Å². The summed E-state index contributed by atoms with van der Waals surface area (Å²) in [7, 11) is 0. The summed E-state index contributed by atoms with van der Waals surface area (Å²) in [5.41, 5.74) is 0.560. The van der Waals surface area contributed by atoms with E-state index < -0.39 is 0 Å². The number of benzene rings is 1. The second-order valence-corrected chi connectivity index (χ2v) is 5.92. The Kier molecular flexibility index (Phi) is 3.52. The van der Waals surface area contributed by atoms with Crippen LogP contribution in [0.3, 0.4) is 0 Å². The molecule has 84 valence electrons. The number of hydrogen-bond donors (Lipinski definition) is 0. The van der Waals surface area contributed by atoms with E-state index in [1.54, 1.807) is 13.0 Å². The molecule has 0 spiro atoms. The third-order valence-electron chi connectivity index (χ3n) is 2.09. The fraction of sp³-hybridized carbons (Fsp3) is 0.182. The van der Waals surface area contributed by atoms with Crippen LogP contribution >= 0.6 is 38.9 Å². The van der Waals surface area contributed by atoms with Crippen LogP contribution in [0.15, 0.2) is 22.0 Å². The van der Waals surface area contributed by atoms with Gasteiger partial charge >= 0.3 is 5.97 Å². The first-order valence-electron chi connectivity index (χ1n) is 4.68. The van der Waals surface area contributed by atoms with Crippen LogP contribution in [0.5, 0.6) is 0 Å². The average Bonchev–Trinajstić information content (AvgIpc) is 2.53. The second-order valence-electron chi connectivity index (χ2n) is 3.11. The highest BCUT2D eigenvalue weighted by molar-refractivity contribution is 9.11. The summed E-state index contributed by atoms with van der Waals surface area (Å²) in [6.07, 6.45) is 0. The molecule has 0 saturated carbocycles. The van der Waals surface area contributed by atoms with Crippen molar-refractivity contribution in [3.05, 3.63) is 32.6 Å². The highest BCUT2D eigenvalue weighted by Gasteiger charge is 2.18. The molecule has 0 saturated heterocycles. The van der Waals surface area contributed by atoms with E-state index >= 15 is 0 Å². The first kappa shape index (κ1) is 11.9. The summed E-state index contributed by atoms with van der Waals surface area (Å²) >= 11 is 10.8. The number of rotatable bonds is 2.